The predicted octanol–water partition coefficient (Wildman–Crippen LogP) is 1.94. The number of para-hydroxylation sites is 1. The smallest absolute Gasteiger partial charge is 0.263 e. The van der Waals surface area contributed by atoms with Gasteiger partial charge in [-0.05, 0) is 30.7 Å². The van der Waals surface area contributed by atoms with Crippen LogP contribution >= 0.6 is 0 Å². The van der Waals surface area contributed by atoms with Gasteiger partial charge < -0.3 is 14.8 Å². The highest BCUT2D eigenvalue weighted by molar-refractivity contribution is 6.25. The van der Waals surface area contributed by atoms with E-state index in [2.05, 4.69) is 15.7 Å². The summed E-state index contributed by atoms with van der Waals surface area (Å²) in [7, 11) is 2.96. The van der Waals surface area contributed by atoms with Crippen molar-refractivity contribution in [3.8, 4) is 11.5 Å². The van der Waals surface area contributed by atoms with E-state index in [0.29, 0.717) is 22.9 Å². The van der Waals surface area contributed by atoms with E-state index in [-0.39, 0.29) is 12.5 Å². The van der Waals surface area contributed by atoms with Crippen molar-refractivity contribution in [2.24, 2.45) is 10.3 Å². The number of anilines is 2. The second-order valence-electron chi connectivity index (χ2n) is 7.11. The molecule has 2 heterocycles. The van der Waals surface area contributed by atoms with Crippen molar-refractivity contribution in [2.45, 2.75) is 19.0 Å². The number of rotatable bonds is 6. The van der Waals surface area contributed by atoms with E-state index in [1.807, 2.05) is 25.1 Å². The third-order valence-corrected chi connectivity index (χ3v) is 5.21. The topological polar surface area (TPSA) is 113 Å². The van der Waals surface area contributed by atoms with E-state index in [1.54, 1.807) is 24.3 Å². The van der Waals surface area contributed by atoms with Crippen molar-refractivity contribution in [3.63, 3.8) is 0 Å². The van der Waals surface area contributed by atoms with Crippen LogP contribution < -0.4 is 19.7 Å². The number of nitrogens with zero attached hydrogens (tertiary/aromatic N) is 4. The normalized spacial score (nSPS) is 19.6. The number of benzene rings is 2. The van der Waals surface area contributed by atoms with E-state index < -0.39 is 23.9 Å². The molecule has 160 valence electrons. The summed E-state index contributed by atoms with van der Waals surface area (Å²) in [5, 5.41) is 11.9. The van der Waals surface area contributed by atoms with Crippen LogP contribution in [0.25, 0.3) is 0 Å². The monoisotopic (exact) mass is 423 g/mol. The second-order valence-corrected chi connectivity index (χ2v) is 7.11. The first kappa shape index (κ1) is 20.3. The maximum absolute atomic E-state index is 13.1. The summed E-state index contributed by atoms with van der Waals surface area (Å²) in [6.45, 7) is 1.67. The van der Waals surface area contributed by atoms with Crippen LogP contribution in [0, 0.1) is 6.92 Å². The van der Waals surface area contributed by atoms with Crippen LogP contribution in [0.3, 0.4) is 0 Å². The van der Waals surface area contributed by atoms with Crippen LogP contribution in [0.2, 0.25) is 0 Å². The van der Waals surface area contributed by atoms with Crippen LogP contribution in [-0.4, -0.2) is 55.6 Å². The molecule has 10 nitrogen and oxygen atoms in total. The molecule has 2 aromatic carbocycles. The Hall–Kier alpha value is -3.95. The number of fused-ring (bicyclic) bond motifs is 1. The van der Waals surface area contributed by atoms with E-state index in [0.717, 1.165) is 10.5 Å². The van der Waals surface area contributed by atoms with E-state index in [1.165, 1.54) is 19.2 Å². The predicted molar refractivity (Wildman–Crippen MR) is 111 cm³/mol. The number of imide groups is 1. The molecule has 2 atom stereocenters. The lowest BCUT2D eigenvalue weighted by Crippen LogP contribution is -2.43. The molecule has 4 rings (SSSR count). The lowest BCUT2D eigenvalue weighted by atomic mass is 10.1. The highest BCUT2D eigenvalue weighted by Crippen LogP contribution is 2.36. The zero-order valence-electron chi connectivity index (χ0n) is 17.2. The minimum Gasteiger partial charge on any atom is -0.493 e. The minimum absolute atomic E-state index is 0.211. The van der Waals surface area contributed by atoms with Crippen LogP contribution in [0.15, 0.2) is 52.8 Å². The number of hydrogen-bond donors (Lipinski definition) is 1. The lowest BCUT2D eigenvalue weighted by molar-refractivity contribution is -0.123. The van der Waals surface area contributed by atoms with Gasteiger partial charge in [0.1, 0.15) is 6.54 Å². The van der Waals surface area contributed by atoms with Crippen molar-refractivity contribution >= 4 is 29.1 Å². The van der Waals surface area contributed by atoms with Crippen molar-refractivity contribution < 1.29 is 23.9 Å². The van der Waals surface area contributed by atoms with E-state index in [9.17, 15) is 14.4 Å². The third-order valence-electron chi connectivity index (χ3n) is 5.21. The highest BCUT2D eigenvalue weighted by atomic mass is 16.5. The maximum Gasteiger partial charge on any atom is 0.263 e. The molecule has 10 heteroatoms. The van der Waals surface area contributed by atoms with Crippen molar-refractivity contribution in [2.75, 3.05) is 31.0 Å². The summed E-state index contributed by atoms with van der Waals surface area (Å²) in [6, 6.07) is 10.1. The Morgan fingerprint density at radius 2 is 1.81 bits per heavy atom. The fourth-order valence-electron chi connectivity index (χ4n) is 3.62. The zero-order chi connectivity index (χ0) is 22.1. The van der Waals surface area contributed by atoms with E-state index >= 15 is 0 Å². The van der Waals surface area contributed by atoms with Crippen molar-refractivity contribution in [1.82, 2.24) is 5.01 Å². The Morgan fingerprint density at radius 3 is 2.52 bits per heavy atom. The Morgan fingerprint density at radius 1 is 1.06 bits per heavy atom. The molecule has 31 heavy (non-hydrogen) atoms. The molecule has 1 fully saturated rings. The number of carbonyl (C=O) groups excluding carboxylic acids is 3. The molecule has 0 bridgehead atoms. The van der Waals surface area contributed by atoms with Gasteiger partial charge in [-0.3, -0.25) is 19.4 Å². The molecule has 0 spiro atoms. The fourth-order valence-corrected chi connectivity index (χ4v) is 3.62. The molecule has 0 aromatic heterocycles. The van der Waals surface area contributed by atoms with Gasteiger partial charge in [-0.2, -0.15) is 5.11 Å². The number of amides is 3. The molecular formula is C21H21N5O5. The molecule has 0 saturated carbocycles. The Balaban J connectivity index is 1.52. The highest BCUT2D eigenvalue weighted by Gasteiger charge is 2.55. The molecule has 3 amide bonds. The summed E-state index contributed by atoms with van der Waals surface area (Å²) in [5.74, 6) is -0.518. The first-order valence-corrected chi connectivity index (χ1v) is 9.57. The summed E-state index contributed by atoms with van der Waals surface area (Å²) in [5.41, 5.74) is 1.91. The first-order valence-electron chi connectivity index (χ1n) is 9.57. The Bertz CT molecular complexity index is 1090. The van der Waals surface area contributed by atoms with Gasteiger partial charge in [0.15, 0.2) is 23.6 Å². The van der Waals surface area contributed by atoms with Gasteiger partial charge in [0.05, 0.1) is 19.9 Å². The largest absolute Gasteiger partial charge is 0.493 e. The number of aryl methyl sites for hydroxylation is 1. The lowest BCUT2D eigenvalue weighted by Gasteiger charge is -2.21. The van der Waals surface area contributed by atoms with Gasteiger partial charge in [0, 0.05) is 11.8 Å². The number of nitrogens with one attached hydrogen (secondary N) is 1. The molecule has 0 unspecified atom stereocenters. The number of ether oxygens (including phenoxy) is 2. The van der Waals surface area contributed by atoms with Gasteiger partial charge in [0.2, 0.25) is 5.91 Å². The number of carbonyl (C=O) groups is 3. The van der Waals surface area contributed by atoms with E-state index in [4.69, 9.17) is 9.47 Å². The summed E-state index contributed by atoms with van der Waals surface area (Å²) in [4.78, 5) is 39.5. The van der Waals surface area contributed by atoms with Crippen LogP contribution in [0.5, 0.6) is 11.5 Å². The Kier molecular flexibility index (Phi) is 5.28. The van der Waals surface area contributed by atoms with Gasteiger partial charge >= 0.3 is 0 Å². The van der Waals surface area contributed by atoms with Crippen LogP contribution in [-0.2, 0) is 14.4 Å². The number of methoxy groups -OCH3 is 2. The van der Waals surface area contributed by atoms with Gasteiger partial charge in [0.25, 0.3) is 11.8 Å². The molecule has 0 aliphatic carbocycles. The maximum atomic E-state index is 13.1. The molecule has 2 aliphatic rings. The quantitative estimate of drug-likeness (QED) is 0.711. The Labute approximate surface area is 178 Å². The van der Waals surface area contributed by atoms with Crippen LogP contribution in [0.4, 0.5) is 11.4 Å². The van der Waals surface area contributed by atoms with Gasteiger partial charge in [-0.15, -0.1) is 0 Å². The average Bonchev–Trinajstić information content (AvgIpc) is 3.28. The zero-order valence-corrected chi connectivity index (χ0v) is 17.2. The average molecular weight is 423 g/mol. The van der Waals surface area contributed by atoms with Crippen molar-refractivity contribution in [3.05, 3.63) is 48.0 Å². The molecular weight excluding hydrogens is 402 g/mol. The standard InChI is InChI=1S/C21H21N5O5/c1-12-6-4-5-7-14(12)22-17(27)11-25-19-18(23-24-25)20(28)26(21(19)29)13-8-9-15(30-2)16(10-13)31-3/h4-10,18-19H,11H2,1-3H3,(H,22,27)/t18-,19-/m0/s1. The van der Waals surface area contributed by atoms with Gasteiger partial charge in [-0.25, -0.2) is 4.90 Å². The first-order chi connectivity index (χ1) is 14.9. The second kappa shape index (κ2) is 8.05. The molecule has 1 N–H and O–H groups in total. The van der Waals surface area contributed by atoms with Crippen molar-refractivity contribution in [1.29, 1.82) is 0 Å². The van der Waals surface area contributed by atoms with Crippen LogP contribution in [0.1, 0.15) is 5.56 Å². The number of hydrogen-bond acceptors (Lipinski definition) is 8. The minimum atomic E-state index is -0.994. The summed E-state index contributed by atoms with van der Waals surface area (Å²) in [6.07, 6.45) is 0. The van der Waals surface area contributed by atoms with Gasteiger partial charge in [-0.1, -0.05) is 23.4 Å². The summed E-state index contributed by atoms with van der Waals surface area (Å²) >= 11 is 0. The SMILES string of the molecule is COc1ccc(N2C(=O)[C@H]3N=NN(CC(=O)Nc4ccccc4C)[C@@H]3C2=O)cc1OC. The third kappa shape index (κ3) is 3.56. The molecule has 2 aromatic rings. The molecule has 1 saturated heterocycles. The summed E-state index contributed by atoms with van der Waals surface area (Å²) < 4.78 is 10.5. The molecule has 2 aliphatic heterocycles. The molecule has 0 radical (unpaired) electrons. The fraction of sp³-hybridized carbons (Fsp3) is 0.286.